The van der Waals surface area contributed by atoms with Crippen molar-refractivity contribution >= 4 is 11.9 Å². The average Bonchev–Trinajstić information content (AvgIpc) is 0.965. The summed E-state index contributed by atoms with van der Waals surface area (Å²) in [6.45, 7) is 26.9. The number of nitrogens with two attached hydrogens (primary N) is 2. The van der Waals surface area contributed by atoms with Gasteiger partial charge in [0.2, 0.25) is 0 Å². The molecule has 0 spiro atoms. The molecular formula is C105H216N6O6. The molecule has 6 N–H and O–H groups in total. The van der Waals surface area contributed by atoms with Crippen LogP contribution in [0.25, 0.3) is 0 Å². The molecule has 0 rings (SSSR count). The molecular weight excluding hydrogens is 1440 g/mol. The van der Waals surface area contributed by atoms with Gasteiger partial charge in [0.15, 0.2) is 0 Å². The molecule has 0 saturated carbocycles. The molecule has 12 nitrogen and oxygen atoms in total. The van der Waals surface area contributed by atoms with Crippen LogP contribution in [0.4, 0.5) is 0 Å². The SMILES string of the molecule is CCCCCCCCCCCCCCCOC(=O)CCN(CCCCCCCCCCCCCC)CCCCN(CCCCCCCCCCCCCC)CC(O)CN.CCCCCCCCCCCCCCOC(=O)CCN(CCCCCCCCCCCCCC)CCCCN(CCCCCCCCCCCCCC)CC(O)CN. The summed E-state index contributed by atoms with van der Waals surface area (Å²) in [6, 6.07) is 0. The van der Waals surface area contributed by atoms with E-state index in [-0.39, 0.29) is 11.9 Å². The van der Waals surface area contributed by atoms with Crippen molar-refractivity contribution in [3.8, 4) is 0 Å². The number of unbranched alkanes of at least 4 members (excludes halogenated alkanes) is 69. The average molecular weight is 1660 g/mol. The summed E-state index contributed by atoms with van der Waals surface area (Å²) >= 11 is 0. The zero-order valence-electron chi connectivity index (χ0n) is 80.8. The molecule has 2 unspecified atom stereocenters. The fourth-order valence-electron chi connectivity index (χ4n) is 17.1. The van der Waals surface area contributed by atoms with Gasteiger partial charge in [-0.15, -0.1) is 0 Å². The Kier molecular flexibility index (Phi) is 104. The molecule has 0 fully saturated rings. The summed E-state index contributed by atoms with van der Waals surface area (Å²) in [5.41, 5.74) is 11.7. The van der Waals surface area contributed by atoms with E-state index in [1.807, 2.05) is 0 Å². The monoisotopic (exact) mass is 1660 g/mol. The molecule has 0 radical (unpaired) electrons. The quantitative estimate of drug-likeness (QED) is 0.0338. The number of rotatable bonds is 101. The van der Waals surface area contributed by atoms with E-state index >= 15 is 0 Å². The molecule has 0 aromatic rings. The van der Waals surface area contributed by atoms with Gasteiger partial charge in [-0.2, -0.15) is 0 Å². The number of hydrogen-bond donors (Lipinski definition) is 4. The molecule has 0 heterocycles. The summed E-state index contributed by atoms with van der Waals surface area (Å²) in [5.74, 6) is -0.0416. The number of aliphatic hydroxyl groups is 2. The van der Waals surface area contributed by atoms with Gasteiger partial charge in [0, 0.05) is 39.3 Å². The predicted octanol–water partition coefficient (Wildman–Crippen LogP) is 29.8. The second kappa shape index (κ2) is 103. The van der Waals surface area contributed by atoms with Crippen LogP contribution in [-0.4, -0.2) is 159 Å². The van der Waals surface area contributed by atoms with Crippen LogP contribution >= 0.6 is 0 Å². The van der Waals surface area contributed by atoms with Crippen molar-refractivity contribution in [1.29, 1.82) is 0 Å². The number of aliphatic hydroxyl groups excluding tert-OH is 2. The number of esters is 2. The normalized spacial score (nSPS) is 12.3. The van der Waals surface area contributed by atoms with Crippen molar-refractivity contribution in [1.82, 2.24) is 19.6 Å². The molecule has 0 bridgehead atoms. The predicted molar refractivity (Wildman–Crippen MR) is 517 cm³/mol. The molecule has 702 valence electrons. The summed E-state index contributed by atoms with van der Waals surface area (Å²) in [7, 11) is 0. The maximum absolute atomic E-state index is 12.8. The van der Waals surface area contributed by atoms with Crippen molar-refractivity contribution in [2.75, 3.05) is 105 Å². The Balaban J connectivity index is 0. The highest BCUT2D eigenvalue weighted by molar-refractivity contribution is 5.69. The second-order valence-electron chi connectivity index (χ2n) is 37.1. The summed E-state index contributed by atoms with van der Waals surface area (Å²) in [6.07, 6.45) is 103. The van der Waals surface area contributed by atoms with E-state index in [1.54, 1.807) is 0 Å². The minimum Gasteiger partial charge on any atom is -0.466 e. The number of carbonyl (C=O) groups excluding carboxylic acids is 2. The van der Waals surface area contributed by atoms with E-state index in [0.29, 0.717) is 52.2 Å². The number of nitrogens with zero attached hydrogens (tertiary/aromatic N) is 4. The van der Waals surface area contributed by atoms with E-state index < -0.39 is 12.2 Å². The molecule has 0 aromatic heterocycles. The van der Waals surface area contributed by atoms with Crippen molar-refractivity contribution in [3.63, 3.8) is 0 Å². The topological polar surface area (TPSA) is 158 Å². The van der Waals surface area contributed by atoms with Crippen molar-refractivity contribution in [2.24, 2.45) is 11.5 Å². The first-order chi connectivity index (χ1) is 57.6. The lowest BCUT2D eigenvalue weighted by atomic mass is 10.0. The number of carbonyl (C=O) groups is 2. The standard InChI is InChI=1S/C53H109N3O3.C52H107N3O3/c1-4-7-10-13-16-19-22-25-28-31-34-37-42-49-59-53(58)43-48-55(44-38-35-32-29-26-23-20-17-14-11-8-5-2)45-40-41-47-56(51-52(57)50-54)46-39-36-33-30-27-24-21-18-15-12-9-6-3;1-4-7-10-13-16-19-22-25-28-31-34-37-43-54(47-42-52(57)58-48-41-36-33-30-27-24-21-18-15-12-9-6-3)44-39-40-46-55(50-51(56)49-53)45-38-35-32-29-26-23-20-17-14-11-8-5-2/h52,57H,4-51,54H2,1-3H3;51,56H,4-50,53H2,1-3H3. The van der Waals surface area contributed by atoms with Gasteiger partial charge >= 0.3 is 11.9 Å². The highest BCUT2D eigenvalue weighted by atomic mass is 16.5. The fourth-order valence-corrected chi connectivity index (χ4v) is 17.1. The summed E-state index contributed by atoms with van der Waals surface area (Å²) < 4.78 is 11.4. The van der Waals surface area contributed by atoms with Crippen LogP contribution in [0.15, 0.2) is 0 Å². The Bertz CT molecular complexity index is 1830. The summed E-state index contributed by atoms with van der Waals surface area (Å²) in [5, 5.41) is 20.8. The highest BCUT2D eigenvalue weighted by Crippen LogP contribution is 2.21. The number of ether oxygens (including phenoxy) is 2. The largest absolute Gasteiger partial charge is 0.466 e. The van der Waals surface area contributed by atoms with E-state index in [0.717, 1.165) is 104 Å². The first kappa shape index (κ1) is 118. The van der Waals surface area contributed by atoms with E-state index in [4.69, 9.17) is 20.9 Å². The third-order valence-corrected chi connectivity index (χ3v) is 25.2. The van der Waals surface area contributed by atoms with Crippen LogP contribution in [-0.2, 0) is 19.1 Å². The van der Waals surface area contributed by atoms with Gasteiger partial charge in [-0.25, -0.2) is 0 Å². The smallest absolute Gasteiger partial charge is 0.307 e. The number of hydrogen-bond acceptors (Lipinski definition) is 12. The van der Waals surface area contributed by atoms with E-state index in [1.165, 1.54) is 456 Å². The van der Waals surface area contributed by atoms with Crippen molar-refractivity contribution in [3.05, 3.63) is 0 Å². The molecule has 2 atom stereocenters. The van der Waals surface area contributed by atoms with E-state index in [2.05, 4.69) is 61.1 Å². The Morgan fingerprint density at radius 3 is 0.504 bits per heavy atom. The van der Waals surface area contributed by atoms with Gasteiger partial charge in [0.05, 0.1) is 38.3 Å². The van der Waals surface area contributed by atoms with Crippen LogP contribution in [0, 0.1) is 0 Å². The first-order valence-electron chi connectivity index (χ1n) is 53.6. The van der Waals surface area contributed by atoms with E-state index in [9.17, 15) is 19.8 Å². The molecule has 0 aromatic carbocycles. The zero-order valence-corrected chi connectivity index (χ0v) is 80.8. The van der Waals surface area contributed by atoms with Crippen molar-refractivity contribution < 1.29 is 29.3 Å². The molecule has 0 saturated heterocycles. The van der Waals surface area contributed by atoms with Crippen LogP contribution in [0.5, 0.6) is 0 Å². The molecule has 0 aliphatic carbocycles. The minimum absolute atomic E-state index is 0.0204. The molecule has 0 amide bonds. The van der Waals surface area contributed by atoms with Crippen LogP contribution < -0.4 is 11.5 Å². The lowest BCUT2D eigenvalue weighted by Crippen LogP contribution is -2.38. The van der Waals surface area contributed by atoms with Crippen LogP contribution in [0.2, 0.25) is 0 Å². The third-order valence-electron chi connectivity index (χ3n) is 25.2. The molecule has 117 heavy (non-hydrogen) atoms. The van der Waals surface area contributed by atoms with Crippen LogP contribution in [0.3, 0.4) is 0 Å². The minimum atomic E-state index is -0.444. The van der Waals surface area contributed by atoms with Crippen molar-refractivity contribution in [2.45, 2.75) is 561 Å². The Labute approximate surface area is 734 Å². The maximum atomic E-state index is 12.8. The van der Waals surface area contributed by atoms with Gasteiger partial charge in [0.25, 0.3) is 0 Å². The van der Waals surface area contributed by atoms with Gasteiger partial charge in [-0.1, -0.05) is 472 Å². The third kappa shape index (κ3) is 98.3. The Morgan fingerprint density at radius 1 is 0.205 bits per heavy atom. The lowest BCUT2D eigenvalue weighted by molar-refractivity contribution is -0.145. The second-order valence-corrected chi connectivity index (χ2v) is 37.1. The Morgan fingerprint density at radius 2 is 0.342 bits per heavy atom. The summed E-state index contributed by atoms with van der Waals surface area (Å²) in [4.78, 5) is 35.5. The molecule has 0 aliphatic rings. The van der Waals surface area contributed by atoms with Gasteiger partial charge in [-0.3, -0.25) is 9.59 Å². The van der Waals surface area contributed by atoms with Gasteiger partial charge < -0.3 is 50.8 Å². The molecule has 12 heteroatoms. The van der Waals surface area contributed by atoms with Gasteiger partial charge in [-0.05, 0) is 117 Å². The van der Waals surface area contributed by atoms with Crippen LogP contribution in [0.1, 0.15) is 549 Å². The maximum Gasteiger partial charge on any atom is 0.307 e. The highest BCUT2D eigenvalue weighted by Gasteiger charge is 2.16. The molecule has 0 aliphatic heterocycles. The van der Waals surface area contributed by atoms with Gasteiger partial charge in [0.1, 0.15) is 0 Å². The Hall–Kier alpha value is -1.38. The lowest BCUT2D eigenvalue weighted by Gasteiger charge is -2.26. The zero-order chi connectivity index (χ0) is 85.2. The first-order valence-corrected chi connectivity index (χ1v) is 53.6. The fraction of sp³-hybridized carbons (Fsp3) is 0.981.